The highest BCUT2D eigenvalue weighted by molar-refractivity contribution is 6.13. The molecule has 178 valence electrons. The van der Waals surface area contributed by atoms with Gasteiger partial charge in [0, 0.05) is 82.6 Å². The molecule has 7 rings (SSSR count). The lowest BCUT2D eigenvalue weighted by Gasteiger charge is -2.15. The second-order valence-corrected chi connectivity index (χ2v) is 8.93. The maximum Gasteiger partial charge on any atom is 0.0978 e. The second-order valence-electron chi connectivity index (χ2n) is 8.93. The highest BCUT2D eigenvalue weighted by Crippen LogP contribution is 2.38. The molecule has 6 nitrogen and oxygen atoms in total. The van der Waals surface area contributed by atoms with Gasteiger partial charge in [0.25, 0.3) is 0 Å². The number of rotatable bonds is 4. The van der Waals surface area contributed by atoms with Crippen LogP contribution in [0.3, 0.4) is 0 Å². The summed E-state index contributed by atoms with van der Waals surface area (Å²) in [6, 6.07) is 24.4. The van der Waals surface area contributed by atoms with Crippen molar-refractivity contribution in [3.05, 3.63) is 122 Å². The predicted octanol–water partition coefficient (Wildman–Crippen LogP) is 7.03. The van der Waals surface area contributed by atoms with Crippen LogP contribution >= 0.6 is 0 Å². The van der Waals surface area contributed by atoms with Crippen LogP contribution in [0.2, 0.25) is 0 Å². The number of aromatic nitrogens is 6. The Balaban J connectivity index is 1.62. The minimum atomic E-state index is 0.818. The predicted molar refractivity (Wildman–Crippen MR) is 150 cm³/mol. The Morgan fingerprint density at radius 3 is 1.11 bits per heavy atom. The van der Waals surface area contributed by atoms with E-state index in [1.807, 2.05) is 61.2 Å². The van der Waals surface area contributed by atoms with Crippen LogP contribution < -0.4 is 0 Å². The molecule has 0 spiro atoms. The van der Waals surface area contributed by atoms with Gasteiger partial charge in [-0.1, -0.05) is 24.3 Å². The van der Waals surface area contributed by atoms with Crippen LogP contribution in [-0.2, 0) is 0 Å². The van der Waals surface area contributed by atoms with E-state index >= 15 is 0 Å². The zero-order valence-electron chi connectivity index (χ0n) is 20.2. The third kappa shape index (κ3) is 3.85. The van der Waals surface area contributed by atoms with E-state index in [0.717, 1.165) is 66.6 Å². The normalized spacial score (nSPS) is 11.2. The molecule has 7 aromatic rings. The number of nitrogens with zero attached hydrogens (tertiary/aromatic N) is 6. The molecule has 6 heterocycles. The topological polar surface area (TPSA) is 77.3 Å². The molecule has 1 aromatic carbocycles. The van der Waals surface area contributed by atoms with E-state index in [4.69, 9.17) is 9.97 Å². The van der Waals surface area contributed by atoms with E-state index in [-0.39, 0.29) is 0 Å². The third-order valence-electron chi connectivity index (χ3n) is 6.62. The smallest absolute Gasteiger partial charge is 0.0978 e. The number of hydrogen-bond donors (Lipinski definition) is 0. The molecule has 0 unspecified atom stereocenters. The summed E-state index contributed by atoms with van der Waals surface area (Å²) in [6.07, 6.45) is 14.5. The fraction of sp³-hybridized carbons (Fsp3) is 0. The van der Waals surface area contributed by atoms with Gasteiger partial charge in [-0.3, -0.25) is 19.9 Å². The first-order valence-corrected chi connectivity index (χ1v) is 12.3. The first kappa shape index (κ1) is 21.9. The average Bonchev–Trinajstić information content (AvgIpc) is 3.01. The third-order valence-corrected chi connectivity index (χ3v) is 6.62. The Bertz CT molecular complexity index is 1750. The molecule has 6 aromatic heterocycles. The van der Waals surface area contributed by atoms with Gasteiger partial charge < -0.3 is 0 Å². The number of pyridine rings is 6. The summed E-state index contributed by atoms with van der Waals surface area (Å²) in [4.78, 5) is 27.8. The van der Waals surface area contributed by atoms with Crippen LogP contribution in [0.4, 0.5) is 0 Å². The summed E-state index contributed by atoms with van der Waals surface area (Å²) in [5.74, 6) is 0. The van der Waals surface area contributed by atoms with Crippen LogP contribution in [0.25, 0.3) is 66.6 Å². The van der Waals surface area contributed by atoms with Crippen molar-refractivity contribution >= 4 is 21.8 Å². The Hall–Kier alpha value is -5.36. The van der Waals surface area contributed by atoms with Crippen LogP contribution in [-0.4, -0.2) is 29.9 Å². The maximum absolute atomic E-state index is 5.18. The van der Waals surface area contributed by atoms with Gasteiger partial charge in [-0.05, 0) is 59.7 Å². The Morgan fingerprint density at radius 1 is 0.395 bits per heavy atom. The quantitative estimate of drug-likeness (QED) is 0.248. The van der Waals surface area contributed by atoms with Gasteiger partial charge in [0.1, 0.15) is 0 Å². The van der Waals surface area contributed by atoms with Gasteiger partial charge in [-0.15, -0.1) is 0 Å². The van der Waals surface area contributed by atoms with Crippen molar-refractivity contribution in [1.82, 2.24) is 29.9 Å². The van der Waals surface area contributed by atoms with E-state index in [9.17, 15) is 0 Å². The summed E-state index contributed by atoms with van der Waals surface area (Å²) >= 11 is 0. The van der Waals surface area contributed by atoms with Crippen molar-refractivity contribution in [2.24, 2.45) is 0 Å². The largest absolute Gasteiger partial charge is 0.264 e. The van der Waals surface area contributed by atoms with Gasteiger partial charge in [-0.2, -0.15) is 0 Å². The van der Waals surface area contributed by atoms with Crippen LogP contribution in [0, 0.1) is 0 Å². The van der Waals surface area contributed by atoms with Crippen LogP contribution in [0.5, 0.6) is 0 Å². The lowest BCUT2D eigenvalue weighted by atomic mass is 9.95. The lowest BCUT2D eigenvalue weighted by Crippen LogP contribution is -1.96. The number of benzene rings is 1. The van der Waals surface area contributed by atoms with Gasteiger partial charge in [0.2, 0.25) is 0 Å². The Labute approximate surface area is 218 Å². The fourth-order valence-electron chi connectivity index (χ4n) is 4.82. The van der Waals surface area contributed by atoms with E-state index in [1.165, 1.54) is 0 Å². The first-order chi connectivity index (χ1) is 18.8. The fourth-order valence-corrected chi connectivity index (χ4v) is 4.82. The van der Waals surface area contributed by atoms with Crippen LogP contribution in [0.1, 0.15) is 0 Å². The molecule has 0 aliphatic heterocycles. The minimum absolute atomic E-state index is 0.818. The lowest BCUT2D eigenvalue weighted by molar-refractivity contribution is 1.29. The SMILES string of the molecule is c1cncc(-c2cc(-c3cccnc3)c3ccc4c(-c5cccnc5)cc(-c5cccnc5)nc4c3n2)c1. The highest BCUT2D eigenvalue weighted by Gasteiger charge is 2.17. The number of hydrogen-bond acceptors (Lipinski definition) is 6. The molecule has 0 bridgehead atoms. The van der Waals surface area contributed by atoms with Gasteiger partial charge in [0.05, 0.1) is 22.4 Å². The second kappa shape index (κ2) is 9.26. The zero-order valence-corrected chi connectivity index (χ0v) is 20.2. The monoisotopic (exact) mass is 488 g/mol. The molecule has 0 aliphatic rings. The summed E-state index contributed by atoms with van der Waals surface area (Å²) in [5.41, 5.74) is 9.28. The van der Waals surface area contributed by atoms with Crippen LogP contribution in [0.15, 0.2) is 122 Å². The average molecular weight is 489 g/mol. The molecule has 0 amide bonds. The van der Waals surface area contributed by atoms with E-state index in [1.54, 1.807) is 24.8 Å². The molecule has 0 atom stereocenters. The van der Waals surface area contributed by atoms with Gasteiger partial charge >= 0.3 is 0 Å². The summed E-state index contributed by atoms with van der Waals surface area (Å²) in [6.45, 7) is 0. The standard InChI is InChI=1S/C32H20N6/c1-5-21(17-33-11-1)27-15-29(23-7-3-13-35-19-23)37-31-25(27)9-10-26-28(22-6-2-12-34-18-22)16-30(38-32(26)31)24-8-4-14-36-20-24/h1-20H. The maximum atomic E-state index is 5.18. The van der Waals surface area contributed by atoms with Crippen molar-refractivity contribution in [2.45, 2.75) is 0 Å². The van der Waals surface area contributed by atoms with Crippen molar-refractivity contribution in [3.8, 4) is 44.8 Å². The van der Waals surface area contributed by atoms with Crippen molar-refractivity contribution in [1.29, 1.82) is 0 Å². The van der Waals surface area contributed by atoms with E-state index in [2.05, 4.69) is 56.3 Å². The van der Waals surface area contributed by atoms with Crippen molar-refractivity contribution in [2.75, 3.05) is 0 Å². The number of fused-ring (bicyclic) bond motifs is 3. The van der Waals surface area contributed by atoms with E-state index < -0.39 is 0 Å². The van der Waals surface area contributed by atoms with Crippen molar-refractivity contribution < 1.29 is 0 Å². The van der Waals surface area contributed by atoms with Gasteiger partial charge in [-0.25, -0.2) is 9.97 Å². The molecule has 0 aliphatic carbocycles. The van der Waals surface area contributed by atoms with Gasteiger partial charge in [0.15, 0.2) is 0 Å². The summed E-state index contributed by atoms with van der Waals surface area (Å²) in [7, 11) is 0. The minimum Gasteiger partial charge on any atom is -0.264 e. The Kier molecular flexibility index (Phi) is 5.33. The molecule has 0 saturated heterocycles. The molecule has 0 N–H and O–H groups in total. The molecule has 38 heavy (non-hydrogen) atoms. The summed E-state index contributed by atoms with van der Waals surface area (Å²) in [5, 5.41) is 2.01. The molecule has 6 heteroatoms. The zero-order chi connectivity index (χ0) is 25.3. The molecule has 0 radical (unpaired) electrons. The van der Waals surface area contributed by atoms with E-state index in [0.29, 0.717) is 0 Å². The van der Waals surface area contributed by atoms with Crippen molar-refractivity contribution in [3.63, 3.8) is 0 Å². The molecule has 0 saturated carbocycles. The Morgan fingerprint density at radius 2 is 0.763 bits per heavy atom. The molecular formula is C32H20N6. The highest BCUT2D eigenvalue weighted by atomic mass is 14.8. The molecule has 0 fully saturated rings. The molecular weight excluding hydrogens is 468 g/mol. The summed E-state index contributed by atoms with van der Waals surface area (Å²) < 4.78 is 0. The first-order valence-electron chi connectivity index (χ1n) is 12.3.